The van der Waals surface area contributed by atoms with Crippen molar-refractivity contribution < 1.29 is 4.74 Å². The predicted octanol–water partition coefficient (Wildman–Crippen LogP) is 3.03. The Bertz CT molecular complexity index is 398. The second-order valence-corrected chi connectivity index (χ2v) is 5.63. The Morgan fingerprint density at radius 1 is 1.17 bits per heavy atom. The first kappa shape index (κ1) is 13.1. The summed E-state index contributed by atoms with van der Waals surface area (Å²) in [6, 6.07) is 2.33. The first-order valence-corrected chi connectivity index (χ1v) is 6.73. The lowest BCUT2D eigenvalue weighted by Crippen LogP contribution is -2.31. The number of nitrogens with zero attached hydrogens (tertiary/aromatic N) is 2. The summed E-state index contributed by atoms with van der Waals surface area (Å²) in [7, 11) is 1.64. The Kier molecular flexibility index (Phi) is 4.04. The second-order valence-electron chi connectivity index (χ2n) is 5.63. The first-order valence-electron chi connectivity index (χ1n) is 6.73. The fourth-order valence-corrected chi connectivity index (χ4v) is 2.96. The molecule has 0 aliphatic heterocycles. The predicted molar refractivity (Wildman–Crippen MR) is 72.9 cm³/mol. The van der Waals surface area contributed by atoms with E-state index in [2.05, 4.69) is 29.1 Å². The van der Waals surface area contributed by atoms with Gasteiger partial charge in [0.2, 0.25) is 11.8 Å². The molecule has 18 heavy (non-hydrogen) atoms. The maximum atomic E-state index is 5.18. The number of hydrogen-bond donors (Lipinski definition) is 1. The third-order valence-corrected chi connectivity index (χ3v) is 3.55. The standard InChI is InChI=1S/C14H23N3O/c1-9-5-10(2)7-12(6-9)16-14-15-11(3)8-13(17-14)18-4/h8-10,12H,5-7H2,1-4H3,(H,15,16,17). The number of aromatic nitrogens is 2. The Balaban J connectivity index is 2.06. The molecule has 4 heteroatoms. The molecule has 1 aliphatic carbocycles. The van der Waals surface area contributed by atoms with E-state index in [0.717, 1.165) is 17.5 Å². The van der Waals surface area contributed by atoms with Gasteiger partial charge in [0.05, 0.1) is 7.11 Å². The number of anilines is 1. The Labute approximate surface area is 109 Å². The molecule has 0 bridgehead atoms. The minimum absolute atomic E-state index is 0.482. The van der Waals surface area contributed by atoms with Crippen LogP contribution in [0.15, 0.2) is 6.07 Å². The molecule has 1 aromatic heterocycles. The monoisotopic (exact) mass is 249 g/mol. The molecule has 2 unspecified atom stereocenters. The molecule has 1 aromatic rings. The molecule has 0 saturated heterocycles. The zero-order chi connectivity index (χ0) is 13.1. The van der Waals surface area contributed by atoms with E-state index in [1.54, 1.807) is 7.11 Å². The average Bonchev–Trinajstić information content (AvgIpc) is 2.26. The minimum Gasteiger partial charge on any atom is -0.481 e. The molecule has 100 valence electrons. The van der Waals surface area contributed by atoms with Crippen molar-refractivity contribution >= 4 is 5.95 Å². The molecule has 1 N–H and O–H groups in total. The van der Waals surface area contributed by atoms with Gasteiger partial charge in [-0.1, -0.05) is 13.8 Å². The highest BCUT2D eigenvalue weighted by atomic mass is 16.5. The summed E-state index contributed by atoms with van der Waals surface area (Å²) in [5.41, 5.74) is 0.932. The summed E-state index contributed by atoms with van der Waals surface area (Å²) in [4.78, 5) is 8.78. The molecule has 1 heterocycles. The van der Waals surface area contributed by atoms with Crippen molar-refractivity contribution in [3.05, 3.63) is 11.8 Å². The lowest BCUT2D eigenvalue weighted by Gasteiger charge is -2.32. The van der Waals surface area contributed by atoms with Gasteiger partial charge in [0, 0.05) is 17.8 Å². The van der Waals surface area contributed by atoms with Gasteiger partial charge >= 0.3 is 0 Å². The van der Waals surface area contributed by atoms with Crippen LogP contribution in [0.25, 0.3) is 0 Å². The van der Waals surface area contributed by atoms with Crippen LogP contribution in [-0.4, -0.2) is 23.1 Å². The van der Waals surface area contributed by atoms with Gasteiger partial charge in [-0.25, -0.2) is 4.98 Å². The summed E-state index contributed by atoms with van der Waals surface area (Å²) < 4.78 is 5.18. The fraction of sp³-hybridized carbons (Fsp3) is 0.714. The van der Waals surface area contributed by atoms with Gasteiger partial charge < -0.3 is 10.1 Å². The molecular weight excluding hydrogens is 226 g/mol. The molecule has 4 nitrogen and oxygen atoms in total. The Morgan fingerprint density at radius 3 is 2.44 bits per heavy atom. The molecule has 0 amide bonds. The molecule has 0 spiro atoms. The topological polar surface area (TPSA) is 47.0 Å². The minimum atomic E-state index is 0.482. The first-order chi connectivity index (χ1) is 8.56. The number of aryl methyl sites for hydroxylation is 1. The van der Waals surface area contributed by atoms with Crippen molar-refractivity contribution in [3.8, 4) is 5.88 Å². The van der Waals surface area contributed by atoms with Gasteiger partial charge in [-0.3, -0.25) is 0 Å². The summed E-state index contributed by atoms with van der Waals surface area (Å²) >= 11 is 0. The number of methoxy groups -OCH3 is 1. The summed E-state index contributed by atoms with van der Waals surface area (Å²) in [5.74, 6) is 2.87. The number of nitrogens with one attached hydrogen (secondary N) is 1. The molecule has 1 saturated carbocycles. The lowest BCUT2D eigenvalue weighted by atomic mass is 9.80. The van der Waals surface area contributed by atoms with Crippen LogP contribution in [0.5, 0.6) is 5.88 Å². The van der Waals surface area contributed by atoms with Gasteiger partial charge in [0.15, 0.2) is 0 Å². The van der Waals surface area contributed by atoms with Crippen LogP contribution in [0.4, 0.5) is 5.95 Å². The third-order valence-electron chi connectivity index (χ3n) is 3.55. The van der Waals surface area contributed by atoms with Crippen LogP contribution in [0.2, 0.25) is 0 Å². The van der Waals surface area contributed by atoms with Gasteiger partial charge in [0.25, 0.3) is 0 Å². The average molecular weight is 249 g/mol. The summed E-state index contributed by atoms with van der Waals surface area (Å²) in [6.07, 6.45) is 3.73. The van der Waals surface area contributed by atoms with E-state index in [9.17, 15) is 0 Å². The highest BCUT2D eigenvalue weighted by Crippen LogP contribution is 2.30. The number of rotatable bonds is 3. The van der Waals surface area contributed by atoms with Crippen LogP contribution in [0.3, 0.4) is 0 Å². The van der Waals surface area contributed by atoms with E-state index in [1.807, 2.05) is 13.0 Å². The molecule has 0 radical (unpaired) electrons. The van der Waals surface area contributed by atoms with Crippen LogP contribution in [-0.2, 0) is 0 Å². The SMILES string of the molecule is COc1cc(C)nc(NC2CC(C)CC(C)C2)n1. The van der Waals surface area contributed by atoms with Crippen LogP contribution < -0.4 is 10.1 Å². The lowest BCUT2D eigenvalue weighted by molar-refractivity contribution is 0.280. The quantitative estimate of drug-likeness (QED) is 0.894. The van der Waals surface area contributed by atoms with Crippen molar-refractivity contribution in [2.24, 2.45) is 11.8 Å². The maximum Gasteiger partial charge on any atom is 0.226 e. The normalized spacial score (nSPS) is 27.9. The van der Waals surface area contributed by atoms with E-state index >= 15 is 0 Å². The van der Waals surface area contributed by atoms with Crippen molar-refractivity contribution in [2.75, 3.05) is 12.4 Å². The smallest absolute Gasteiger partial charge is 0.226 e. The van der Waals surface area contributed by atoms with Gasteiger partial charge in [-0.15, -0.1) is 0 Å². The molecule has 2 rings (SSSR count). The van der Waals surface area contributed by atoms with E-state index in [0.29, 0.717) is 17.9 Å². The Hall–Kier alpha value is -1.32. The highest BCUT2D eigenvalue weighted by molar-refractivity contribution is 5.31. The maximum absolute atomic E-state index is 5.18. The number of ether oxygens (including phenoxy) is 1. The molecular formula is C14H23N3O. The molecule has 1 aliphatic rings. The van der Waals surface area contributed by atoms with Crippen molar-refractivity contribution in [1.82, 2.24) is 9.97 Å². The fourth-order valence-electron chi connectivity index (χ4n) is 2.96. The van der Waals surface area contributed by atoms with E-state index in [-0.39, 0.29) is 0 Å². The summed E-state index contributed by atoms with van der Waals surface area (Å²) in [6.45, 7) is 6.60. The van der Waals surface area contributed by atoms with E-state index in [4.69, 9.17) is 4.74 Å². The zero-order valence-corrected chi connectivity index (χ0v) is 11.7. The highest BCUT2D eigenvalue weighted by Gasteiger charge is 2.24. The molecule has 0 aromatic carbocycles. The largest absolute Gasteiger partial charge is 0.481 e. The third kappa shape index (κ3) is 3.34. The van der Waals surface area contributed by atoms with Crippen LogP contribution >= 0.6 is 0 Å². The van der Waals surface area contributed by atoms with Gasteiger partial charge in [0.1, 0.15) is 0 Å². The zero-order valence-electron chi connectivity index (χ0n) is 11.7. The van der Waals surface area contributed by atoms with Crippen molar-refractivity contribution in [3.63, 3.8) is 0 Å². The number of hydrogen-bond acceptors (Lipinski definition) is 4. The van der Waals surface area contributed by atoms with Crippen molar-refractivity contribution in [2.45, 2.75) is 46.1 Å². The van der Waals surface area contributed by atoms with E-state index in [1.165, 1.54) is 19.3 Å². The Morgan fingerprint density at radius 2 is 1.83 bits per heavy atom. The van der Waals surface area contributed by atoms with E-state index < -0.39 is 0 Å². The van der Waals surface area contributed by atoms with Gasteiger partial charge in [-0.2, -0.15) is 4.98 Å². The molecule has 2 atom stereocenters. The molecule has 1 fully saturated rings. The van der Waals surface area contributed by atoms with Gasteiger partial charge in [-0.05, 0) is 38.0 Å². The summed E-state index contributed by atoms with van der Waals surface area (Å²) in [5, 5.41) is 3.46. The van der Waals surface area contributed by atoms with Crippen LogP contribution in [0.1, 0.15) is 38.8 Å². The van der Waals surface area contributed by atoms with Crippen molar-refractivity contribution in [1.29, 1.82) is 0 Å². The van der Waals surface area contributed by atoms with Crippen LogP contribution in [0, 0.1) is 18.8 Å². The second kappa shape index (κ2) is 5.55.